The second-order valence-corrected chi connectivity index (χ2v) is 8.02. The van der Waals surface area contributed by atoms with E-state index in [0.717, 1.165) is 13.0 Å². The summed E-state index contributed by atoms with van der Waals surface area (Å²) >= 11 is 0. The van der Waals surface area contributed by atoms with Gasteiger partial charge in [0, 0.05) is 6.61 Å². The van der Waals surface area contributed by atoms with Crippen LogP contribution in [0.3, 0.4) is 0 Å². The summed E-state index contributed by atoms with van der Waals surface area (Å²) in [6.45, 7) is 13.8. The lowest BCUT2D eigenvalue weighted by molar-refractivity contribution is 0.334. The zero-order valence-electron chi connectivity index (χ0n) is 9.65. The van der Waals surface area contributed by atoms with E-state index in [-0.39, 0.29) is 0 Å². The first kappa shape index (κ1) is 12.9. The van der Waals surface area contributed by atoms with Crippen molar-refractivity contribution in [2.45, 2.75) is 52.6 Å². The Hall–Kier alpha value is -0.0831. The molecular formula is C11H24OSi. The zero-order chi connectivity index (χ0) is 10.3. The van der Waals surface area contributed by atoms with Crippen LogP contribution in [-0.4, -0.2) is 14.9 Å². The Morgan fingerprint density at radius 1 is 1.23 bits per heavy atom. The van der Waals surface area contributed by atoms with Gasteiger partial charge in [0.1, 0.15) is 0 Å². The second-order valence-electron chi connectivity index (χ2n) is 4.00. The molecule has 0 aromatic rings. The third-order valence-electron chi connectivity index (χ3n) is 2.44. The van der Waals surface area contributed by atoms with E-state index in [0.29, 0.717) is 0 Å². The minimum Gasteiger partial charge on any atom is -0.414 e. The van der Waals surface area contributed by atoms with Gasteiger partial charge in [-0.3, -0.25) is 0 Å². The molecule has 1 nitrogen and oxygen atoms in total. The molecular weight excluding hydrogens is 176 g/mol. The van der Waals surface area contributed by atoms with Gasteiger partial charge >= 0.3 is 0 Å². The molecule has 0 amide bonds. The van der Waals surface area contributed by atoms with Crippen LogP contribution in [0.2, 0.25) is 13.1 Å². The van der Waals surface area contributed by atoms with Crippen LogP contribution in [-0.2, 0) is 4.43 Å². The molecule has 0 aliphatic rings. The molecule has 0 atom stereocenters. The highest BCUT2D eigenvalue weighted by Gasteiger charge is 2.24. The van der Waals surface area contributed by atoms with Crippen molar-refractivity contribution in [3.05, 3.63) is 11.8 Å². The standard InChI is InChI=1S/C11H24OSi/c1-6-8-9-10-11(3)13(4,5)12-7-2/h3,6-10H2,1-2,4-5H3. The molecule has 0 bridgehead atoms. The summed E-state index contributed by atoms with van der Waals surface area (Å²) in [6.07, 6.45) is 5.03. The van der Waals surface area contributed by atoms with Gasteiger partial charge in [0.15, 0.2) is 0 Å². The SMILES string of the molecule is C=C(CCCCC)[Si](C)(C)OCC. The van der Waals surface area contributed by atoms with Gasteiger partial charge in [0.25, 0.3) is 0 Å². The summed E-state index contributed by atoms with van der Waals surface area (Å²) in [5, 5.41) is 1.36. The fraction of sp³-hybridized carbons (Fsp3) is 0.818. The highest BCUT2D eigenvalue weighted by molar-refractivity contribution is 6.78. The number of unbranched alkanes of at least 4 members (excludes halogenated alkanes) is 2. The van der Waals surface area contributed by atoms with E-state index in [9.17, 15) is 0 Å². The van der Waals surface area contributed by atoms with Crippen LogP contribution >= 0.6 is 0 Å². The maximum absolute atomic E-state index is 5.76. The van der Waals surface area contributed by atoms with E-state index in [1.54, 1.807) is 0 Å². The summed E-state index contributed by atoms with van der Waals surface area (Å²) in [5.74, 6) is 0. The lowest BCUT2D eigenvalue weighted by Crippen LogP contribution is -2.33. The smallest absolute Gasteiger partial charge is 0.213 e. The van der Waals surface area contributed by atoms with Crippen molar-refractivity contribution in [1.82, 2.24) is 0 Å². The average molecular weight is 200 g/mol. The minimum atomic E-state index is -1.55. The molecule has 0 aliphatic heterocycles. The number of hydrogen-bond acceptors (Lipinski definition) is 1. The van der Waals surface area contributed by atoms with Crippen LogP contribution in [0.5, 0.6) is 0 Å². The van der Waals surface area contributed by atoms with Crippen LogP contribution in [0.4, 0.5) is 0 Å². The van der Waals surface area contributed by atoms with Crippen molar-refractivity contribution in [2.24, 2.45) is 0 Å². The molecule has 0 rings (SSSR count). The molecule has 0 saturated heterocycles. The summed E-state index contributed by atoms with van der Waals surface area (Å²) in [4.78, 5) is 0. The van der Waals surface area contributed by atoms with E-state index in [2.05, 4.69) is 33.5 Å². The Bertz CT molecular complexity index is 152. The fourth-order valence-electron chi connectivity index (χ4n) is 1.35. The Morgan fingerprint density at radius 2 is 1.85 bits per heavy atom. The second kappa shape index (κ2) is 6.38. The predicted octanol–water partition coefficient (Wildman–Crippen LogP) is 3.90. The molecule has 0 aliphatic carbocycles. The third kappa shape index (κ3) is 5.27. The Kier molecular flexibility index (Phi) is 6.34. The molecule has 0 saturated carbocycles. The van der Waals surface area contributed by atoms with E-state index < -0.39 is 8.32 Å². The van der Waals surface area contributed by atoms with Gasteiger partial charge in [-0.1, -0.05) is 25.0 Å². The Morgan fingerprint density at radius 3 is 2.31 bits per heavy atom. The molecule has 0 unspecified atom stereocenters. The van der Waals surface area contributed by atoms with Crippen molar-refractivity contribution >= 4 is 8.32 Å². The summed E-state index contributed by atoms with van der Waals surface area (Å²) in [5.41, 5.74) is 0. The number of hydrogen-bond donors (Lipinski definition) is 0. The Labute approximate surface area is 84.3 Å². The van der Waals surface area contributed by atoms with Gasteiger partial charge in [0.2, 0.25) is 8.32 Å². The number of rotatable bonds is 7. The van der Waals surface area contributed by atoms with Crippen molar-refractivity contribution in [1.29, 1.82) is 0 Å². The number of allylic oxidation sites excluding steroid dienone is 1. The van der Waals surface area contributed by atoms with Crippen molar-refractivity contribution in [3.63, 3.8) is 0 Å². The van der Waals surface area contributed by atoms with Gasteiger partial charge in [-0.05, 0) is 32.9 Å². The average Bonchev–Trinajstić information content (AvgIpc) is 2.04. The topological polar surface area (TPSA) is 9.23 Å². The quantitative estimate of drug-likeness (QED) is 0.447. The lowest BCUT2D eigenvalue weighted by atomic mass is 10.2. The van der Waals surface area contributed by atoms with Crippen LogP contribution in [0, 0.1) is 0 Å². The molecule has 0 fully saturated rings. The van der Waals surface area contributed by atoms with Gasteiger partial charge in [-0.15, -0.1) is 6.58 Å². The molecule has 13 heavy (non-hydrogen) atoms. The largest absolute Gasteiger partial charge is 0.414 e. The van der Waals surface area contributed by atoms with Crippen LogP contribution in [0.25, 0.3) is 0 Å². The highest BCUT2D eigenvalue weighted by Crippen LogP contribution is 2.20. The molecule has 0 spiro atoms. The van der Waals surface area contributed by atoms with Crippen LogP contribution < -0.4 is 0 Å². The first-order valence-corrected chi connectivity index (χ1v) is 8.27. The van der Waals surface area contributed by atoms with Crippen LogP contribution in [0.15, 0.2) is 11.8 Å². The zero-order valence-corrected chi connectivity index (χ0v) is 10.7. The van der Waals surface area contributed by atoms with Crippen LogP contribution in [0.1, 0.15) is 39.5 Å². The molecule has 0 radical (unpaired) electrons. The van der Waals surface area contributed by atoms with Crippen molar-refractivity contribution < 1.29 is 4.43 Å². The van der Waals surface area contributed by atoms with E-state index >= 15 is 0 Å². The molecule has 78 valence electrons. The van der Waals surface area contributed by atoms with Gasteiger partial charge in [-0.2, -0.15) is 0 Å². The van der Waals surface area contributed by atoms with Gasteiger partial charge in [-0.25, -0.2) is 0 Å². The van der Waals surface area contributed by atoms with Crippen molar-refractivity contribution in [3.8, 4) is 0 Å². The highest BCUT2D eigenvalue weighted by atomic mass is 28.4. The third-order valence-corrected chi connectivity index (χ3v) is 5.40. The van der Waals surface area contributed by atoms with Crippen molar-refractivity contribution in [2.75, 3.05) is 6.61 Å². The first-order chi connectivity index (χ1) is 6.04. The normalized spacial score (nSPS) is 11.7. The fourth-order valence-corrected chi connectivity index (χ4v) is 3.06. The molecule has 0 heterocycles. The molecule has 0 aromatic heterocycles. The summed E-state index contributed by atoms with van der Waals surface area (Å²) in [6, 6.07) is 0. The van der Waals surface area contributed by atoms with Gasteiger partial charge in [0.05, 0.1) is 0 Å². The summed E-state index contributed by atoms with van der Waals surface area (Å²) < 4.78 is 5.76. The maximum atomic E-state index is 5.76. The Balaban J connectivity index is 3.80. The van der Waals surface area contributed by atoms with E-state index in [1.807, 2.05) is 0 Å². The monoisotopic (exact) mass is 200 g/mol. The maximum Gasteiger partial charge on any atom is 0.213 e. The molecule has 2 heteroatoms. The van der Waals surface area contributed by atoms with Gasteiger partial charge < -0.3 is 4.43 Å². The molecule has 0 N–H and O–H groups in total. The summed E-state index contributed by atoms with van der Waals surface area (Å²) in [7, 11) is -1.55. The van der Waals surface area contributed by atoms with E-state index in [4.69, 9.17) is 4.43 Å². The lowest BCUT2D eigenvalue weighted by Gasteiger charge is -2.24. The van der Waals surface area contributed by atoms with E-state index in [1.165, 1.54) is 24.5 Å². The minimum absolute atomic E-state index is 0.825. The molecule has 0 aromatic carbocycles. The predicted molar refractivity (Wildman–Crippen MR) is 62.4 cm³/mol. The first-order valence-electron chi connectivity index (χ1n) is 5.36.